The van der Waals surface area contributed by atoms with Crippen LogP contribution < -0.4 is 5.32 Å². The fourth-order valence-corrected chi connectivity index (χ4v) is 0.641. The number of rotatable bonds is 2. The Labute approximate surface area is 72.3 Å². The van der Waals surface area contributed by atoms with E-state index in [0.29, 0.717) is 6.29 Å². The largest absolute Gasteiger partial charge is 0.453 e. The highest BCUT2D eigenvalue weighted by Gasteiger charge is 2.25. The number of hydrogen-bond acceptors (Lipinski definition) is 3. The highest BCUT2D eigenvalue weighted by atomic mass is 16.5. The monoisotopic (exact) mass is 173 g/mol. The predicted octanol–water partition coefficient (Wildman–Crippen LogP) is 0.956. The number of ether oxygens (including phenoxy) is 1. The van der Waals surface area contributed by atoms with Gasteiger partial charge in [0.05, 0.1) is 13.2 Å². The molecule has 0 aliphatic heterocycles. The van der Waals surface area contributed by atoms with Crippen LogP contribution in [0.2, 0.25) is 0 Å². The normalized spacial score (nSPS) is 13.3. The molecule has 0 aromatic heterocycles. The number of nitrogens with one attached hydrogen (secondary N) is 1. The van der Waals surface area contributed by atoms with Crippen molar-refractivity contribution >= 4 is 12.4 Å². The van der Waals surface area contributed by atoms with Crippen molar-refractivity contribution in [3.05, 3.63) is 0 Å². The summed E-state index contributed by atoms with van der Waals surface area (Å²) in [6, 6.07) is -0.509. The van der Waals surface area contributed by atoms with Crippen molar-refractivity contribution in [2.75, 3.05) is 7.11 Å². The summed E-state index contributed by atoms with van der Waals surface area (Å²) < 4.78 is 4.37. The summed E-state index contributed by atoms with van der Waals surface area (Å²) in [5.74, 6) is 0. The Morgan fingerprint density at radius 3 is 2.25 bits per heavy atom. The van der Waals surface area contributed by atoms with E-state index in [1.54, 1.807) is 0 Å². The summed E-state index contributed by atoms with van der Waals surface area (Å²) in [6.07, 6.45) is 0.124. The maximum Gasteiger partial charge on any atom is 0.407 e. The third-order valence-electron chi connectivity index (χ3n) is 1.53. The third-order valence-corrected chi connectivity index (χ3v) is 1.53. The van der Waals surface area contributed by atoms with Crippen LogP contribution in [0.4, 0.5) is 4.79 Å². The molecule has 12 heavy (non-hydrogen) atoms. The van der Waals surface area contributed by atoms with Crippen LogP contribution >= 0.6 is 0 Å². The van der Waals surface area contributed by atoms with Gasteiger partial charge in [-0.3, -0.25) is 0 Å². The molecule has 0 saturated carbocycles. The second-order valence-electron chi connectivity index (χ2n) is 3.62. The van der Waals surface area contributed by atoms with Crippen molar-refractivity contribution in [1.29, 1.82) is 0 Å². The van der Waals surface area contributed by atoms with Crippen LogP contribution in [-0.4, -0.2) is 25.5 Å². The Bertz CT molecular complexity index is 172. The molecule has 4 nitrogen and oxygen atoms in total. The van der Waals surface area contributed by atoms with Crippen LogP contribution in [-0.2, 0) is 9.53 Å². The van der Waals surface area contributed by atoms with Crippen molar-refractivity contribution in [1.82, 2.24) is 5.32 Å². The number of carbonyl (C=O) groups is 2. The lowest BCUT2D eigenvalue weighted by atomic mass is 9.88. The van der Waals surface area contributed by atoms with Crippen molar-refractivity contribution in [3.8, 4) is 0 Å². The first-order valence-corrected chi connectivity index (χ1v) is 3.71. The van der Waals surface area contributed by atoms with Gasteiger partial charge in [0.2, 0.25) is 0 Å². The molecule has 0 spiro atoms. The Hall–Kier alpha value is -1.06. The second-order valence-corrected chi connectivity index (χ2v) is 3.62. The quantitative estimate of drug-likeness (QED) is 0.633. The number of hydrogen-bond donors (Lipinski definition) is 1. The van der Waals surface area contributed by atoms with Crippen molar-refractivity contribution in [2.45, 2.75) is 26.8 Å². The summed E-state index contributed by atoms with van der Waals surface area (Å²) in [7, 11) is 1.26. The van der Waals surface area contributed by atoms with Gasteiger partial charge in [0, 0.05) is 0 Å². The van der Waals surface area contributed by atoms with E-state index in [2.05, 4.69) is 10.1 Å². The summed E-state index contributed by atoms with van der Waals surface area (Å²) in [6.45, 7) is 5.59. The van der Waals surface area contributed by atoms with E-state index in [4.69, 9.17) is 0 Å². The lowest BCUT2D eigenvalue weighted by Gasteiger charge is -2.25. The molecular weight excluding hydrogens is 158 g/mol. The summed E-state index contributed by atoms with van der Waals surface area (Å²) in [5, 5.41) is 2.43. The van der Waals surface area contributed by atoms with E-state index in [-0.39, 0.29) is 5.41 Å². The molecule has 1 atom stereocenters. The van der Waals surface area contributed by atoms with E-state index in [9.17, 15) is 9.59 Å². The molecule has 0 aromatic carbocycles. The first-order valence-electron chi connectivity index (χ1n) is 3.71. The summed E-state index contributed by atoms with van der Waals surface area (Å²) in [5.41, 5.74) is -0.282. The molecule has 0 bridgehead atoms. The first kappa shape index (κ1) is 10.9. The molecule has 0 aliphatic carbocycles. The minimum Gasteiger partial charge on any atom is -0.453 e. The van der Waals surface area contributed by atoms with Gasteiger partial charge in [0.25, 0.3) is 0 Å². The molecule has 4 heteroatoms. The minimum absolute atomic E-state index is 0.282. The molecule has 1 unspecified atom stereocenters. The lowest BCUT2D eigenvalue weighted by molar-refractivity contribution is -0.111. The topological polar surface area (TPSA) is 55.4 Å². The Kier molecular flexibility index (Phi) is 3.73. The van der Waals surface area contributed by atoms with E-state index in [0.717, 1.165) is 0 Å². The number of aldehydes is 1. The fraction of sp³-hybridized carbons (Fsp3) is 0.750. The molecule has 0 fully saturated rings. The van der Waals surface area contributed by atoms with Crippen molar-refractivity contribution in [2.24, 2.45) is 5.41 Å². The van der Waals surface area contributed by atoms with E-state index < -0.39 is 12.1 Å². The zero-order valence-corrected chi connectivity index (χ0v) is 7.88. The van der Waals surface area contributed by atoms with Crippen LogP contribution in [0.1, 0.15) is 20.8 Å². The molecule has 1 N–H and O–H groups in total. The molecule has 70 valence electrons. The first-order chi connectivity index (χ1) is 5.41. The molecule has 0 heterocycles. The van der Waals surface area contributed by atoms with Crippen LogP contribution in [0.15, 0.2) is 0 Å². The maximum atomic E-state index is 10.7. The Morgan fingerprint density at radius 2 is 2.00 bits per heavy atom. The molecule has 0 aliphatic rings. The average molecular weight is 173 g/mol. The Morgan fingerprint density at radius 1 is 1.50 bits per heavy atom. The number of carbonyl (C=O) groups excluding carboxylic acids is 2. The van der Waals surface area contributed by atoms with Crippen LogP contribution in [0.25, 0.3) is 0 Å². The van der Waals surface area contributed by atoms with Gasteiger partial charge in [-0.05, 0) is 5.41 Å². The molecule has 0 aromatic rings. The van der Waals surface area contributed by atoms with Crippen molar-refractivity contribution < 1.29 is 14.3 Å². The number of alkyl carbamates (subject to hydrolysis) is 1. The van der Waals surface area contributed by atoms with Crippen LogP contribution in [0.3, 0.4) is 0 Å². The van der Waals surface area contributed by atoms with Gasteiger partial charge in [0.15, 0.2) is 0 Å². The van der Waals surface area contributed by atoms with Gasteiger partial charge in [-0.15, -0.1) is 0 Å². The SMILES string of the molecule is COC(=O)NC(C=O)C(C)(C)C. The minimum atomic E-state index is -0.581. The van der Waals surface area contributed by atoms with E-state index in [1.165, 1.54) is 7.11 Å². The second kappa shape index (κ2) is 4.09. The van der Waals surface area contributed by atoms with Gasteiger partial charge in [-0.25, -0.2) is 4.79 Å². The van der Waals surface area contributed by atoms with Crippen LogP contribution in [0.5, 0.6) is 0 Å². The van der Waals surface area contributed by atoms with Gasteiger partial charge in [-0.2, -0.15) is 0 Å². The zero-order valence-electron chi connectivity index (χ0n) is 7.88. The van der Waals surface area contributed by atoms with Gasteiger partial charge < -0.3 is 14.8 Å². The molecule has 0 radical (unpaired) electrons. The van der Waals surface area contributed by atoms with Gasteiger partial charge in [0.1, 0.15) is 6.29 Å². The molecular formula is C8H15NO3. The van der Waals surface area contributed by atoms with E-state index in [1.807, 2.05) is 20.8 Å². The van der Waals surface area contributed by atoms with Crippen molar-refractivity contribution in [3.63, 3.8) is 0 Å². The summed E-state index contributed by atoms with van der Waals surface area (Å²) in [4.78, 5) is 21.3. The standard InChI is InChI=1S/C8H15NO3/c1-8(2,3)6(5-10)9-7(11)12-4/h5-6H,1-4H3,(H,9,11). The lowest BCUT2D eigenvalue weighted by Crippen LogP contribution is -2.44. The maximum absolute atomic E-state index is 10.7. The van der Waals surface area contributed by atoms with E-state index >= 15 is 0 Å². The molecule has 0 rings (SSSR count). The predicted molar refractivity (Wildman–Crippen MR) is 44.8 cm³/mol. The fourth-order valence-electron chi connectivity index (χ4n) is 0.641. The smallest absolute Gasteiger partial charge is 0.407 e. The Balaban J connectivity index is 4.19. The van der Waals surface area contributed by atoms with Gasteiger partial charge in [-0.1, -0.05) is 20.8 Å². The number of methoxy groups -OCH3 is 1. The number of amides is 1. The third kappa shape index (κ3) is 3.37. The summed E-state index contributed by atoms with van der Waals surface area (Å²) >= 11 is 0. The molecule has 1 amide bonds. The highest BCUT2D eigenvalue weighted by Crippen LogP contribution is 2.17. The molecule has 0 saturated heterocycles. The zero-order chi connectivity index (χ0) is 9.78. The average Bonchev–Trinajstić information content (AvgIpc) is 1.97. The van der Waals surface area contributed by atoms with Crippen LogP contribution in [0, 0.1) is 5.41 Å². The van der Waals surface area contributed by atoms with Gasteiger partial charge >= 0.3 is 6.09 Å². The highest BCUT2D eigenvalue weighted by molar-refractivity contribution is 5.73.